The van der Waals surface area contributed by atoms with E-state index in [1.165, 1.54) is 0 Å². The third-order valence-corrected chi connectivity index (χ3v) is 4.91. The van der Waals surface area contributed by atoms with Gasteiger partial charge in [0, 0.05) is 19.1 Å². The summed E-state index contributed by atoms with van der Waals surface area (Å²) in [6.45, 7) is 4.99. The summed E-state index contributed by atoms with van der Waals surface area (Å²) in [6.07, 6.45) is 3.44. The lowest BCUT2D eigenvalue weighted by molar-refractivity contribution is 0.257. The van der Waals surface area contributed by atoms with E-state index in [4.69, 9.17) is 0 Å². The summed E-state index contributed by atoms with van der Waals surface area (Å²) >= 11 is 0. The van der Waals surface area contributed by atoms with E-state index in [0.717, 1.165) is 12.8 Å². The molecule has 4 nitrogen and oxygen atoms in total. The van der Waals surface area contributed by atoms with E-state index < -0.39 is 10.0 Å². The molecular formula is C9H16N2O2S. The second-order valence-electron chi connectivity index (χ2n) is 3.94. The largest absolute Gasteiger partial charge is 0.311 e. The fourth-order valence-electron chi connectivity index (χ4n) is 2.15. The van der Waals surface area contributed by atoms with Crippen LogP contribution in [0.25, 0.3) is 0 Å². The van der Waals surface area contributed by atoms with E-state index in [2.05, 4.69) is 11.9 Å². The van der Waals surface area contributed by atoms with Crippen LogP contribution in [0.15, 0.2) is 12.7 Å². The van der Waals surface area contributed by atoms with E-state index in [1.807, 2.05) is 0 Å². The topological polar surface area (TPSA) is 49.4 Å². The van der Waals surface area contributed by atoms with Crippen molar-refractivity contribution in [2.24, 2.45) is 0 Å². The SMILES string of the molecule is C=C[C@H]1CN[C@@H]2CCCS(=O)(=O)N1C2. The molecule has 0 aromatic rings. The van der Waals surface area contributed by atoms with Crippen molar-refractivity contribution in [1.82, 2.24) is 9.62 Å². The molecule has 0 aromatic carbocycles. The Kier molecular flexibility index (Phi) is 2.64. The molecule has 1 N–H and O–H groups in total. The molecule has 2 saturated heterocycles. The molecule has 0 saturated carbocycles. The summed E-state index contributed by atoms with van der Waals surface area (Å²) in [5.41, 5.74) is 0. The van der Waals surface area contributed by atoms with Crippen molar-refractivity contribution in [3.63, 3.8) is 0 Å². The minimum Gasteiger partial charge on any atom is -0.311 e. The van der Waals surface area contributed by atoms with Crippen molar-refractivity contribution in [2.75, 3.05) is 18.8 Å². The van der Waals surface area contributed by atoms with Crippen LogP contribution in [0.5, 0.6) is 0 Å². The molecule has 14 heavy (non-hydrogen) atoms. The number of sulfonamides is 1. The fraction of sp³-hybridized carbons (Fsp3) is 0.778. The van der Waals surface area contributed by atoms with Gasteiger partial charge in [-0.2, -0.15) is 4.31 Å². The highest BCUT2D eigenvalue weighted by Crippen LogP contribution is 2.21. The second-order valence-corrected chi connectivity index (χ2v) is 5.98. The Balaban J connectivity index is 2.29. The van der Waals surface area contributed by atoms with E-state index >= 15 is 0 Å². The lowest BCUT2D eigenvalue weighted by atomic mass is 10.1. The number of nitrogens with zero attached hydrogens (tertiary/aromatic N) is 1. The van der Waals surface area contributed by atoms with Crippen LogP contribution in [-0.2, 0) is 10.0 Å². The number of hydrogen-bond donors (Lipinski definition) is 1. The fourth-order valence-corrected chi connectivity index (χ4v) is 3.90. The van der Waals surface area contributed by atoms with Gasteiger partial charge in [0.2, 0.25) is 10.0 Å². The van der Waals surface area contributed by atoms with Gasteiger partial charge in [0.05, 0.1) is 11.8 Å². The molecule has 2 aliphatic rings. The molecule has 80 valence electrons. The highest BCUT2D eigenvalue weighted by molar-refractivity contribution is 7.89. The van der Waals surface area contributed by atoms with Crippen molar-refractivity contribution in [2.45, 2.75) is 24.9 Å². The highest BCUT2D eigenvalue weighted by atomic mass is 32.2. The van der Waals surface area contributed by atoms with Gasteiger partial charge in [-0.25, -0.2) is 8.42 Å². The van der Waals surface area contributed by atoms with Crippen LogP contribution in [0.2, 0.25) is 0 Å². The zero-order valence-electron chi connectivity index (χ0n) is 8.15. The van der Waals surface area contributed by atoms with Gasteiger partial charge in [-0.05, 0) is 12.8 Å². The lowest BCUT2D eigenvalue weighted by Gasteiger charge is -2.35. The number of piperazine rings is 1. The van der Waals surface area contributed by atoms with Gasteiger partial charge in [-0.1, -0.05) is 6.08 Å². The van der Waals surface area contributed by atoms with Crippen LogP contribution < -0.4 is 5.32 Å². The maximum absolute atomic E-state index is 11.8. The van der Waals surface area contributed by atoms with Gasteiger partial charge in [-0.3, -0.25) is 0 Å². The molecule has 1 unspecified atom stereocenters. The molecule has 2 rings (SSSR count). The van der Waals surface area contributed by atoms with E-state index in [1.54, 1.807) is 10.4 Å². The Labute approximate surface area is 85.0 Å². The van der Waals surface area contributed by atoms with Crippen molar-refractivity contribution in [3.05, 3.63) is 12.7 Å². The van der Waals surface area contributed by atoms with Crippen LogP contribution in [0.1, 0.15) is 12.8 Å². The van der Waals surface area contributed by atoms with E-state index in [9.17, 15) is 8.42 Å². The van der Waals surface area contributed by atoms with Gasteiger partial charge in [0.15, 0.2) is 0 Å². The Morgan fingerprint density at radius 2 is 2.29 bits per heavy atom. The molecule has 3 atom stereocenters. The average molecular weight is 216 g/mol. The molecule has 2 heterocycles. The summed E-state index contributed by atoms with van der Waals surface area (Å²) in [5, 5.41) is 3.35. The number of hydrogen-bond acceptors (Lipinski definition) is 3. The molecule has 2 bridgehead atoms. The predicted molar refractivity (Wildman–Crippen MR) is 55.5 cm³/mol. The molecule has 0 radical (unpaired) electrons. The summed E-state index contributed by atoms with van der Waals surface area (Å²) in [5.74, 6) is 0.287. The normalized spacial score (nSPS) is 41.3. The molecule has 0 amide bonds. The molecule has 5 heteroatoms. The van der Waals surface area contributed by atoms with Crippen molar-refractivity contribution in [3.8, 4) is 0 Å². The molecular weight excluding hydrogens is 200 g/mol. The number of fused-ring (bicyclic) bond motifs is 2. The molecule has 2 fully saturated rings. The van der Waals surface area contributed by atoms with Crippen LogP contribution in [0.4, 0.5) is 0 Å². The van der Waals surface area contributed by atoms with Gasteiger partial charge in [-0.15, -0.1) is 6.58 Å². The van der Waals surface area contributed by atoms with Crippen molar-refractivity contribution < 1.29 is 8.42 Å². The smallest absolute Gasteiger partial charge is 0.214 e. The maximum atomic E-state index is 11.8. The molecule has 0 aliphatic carbocycles. The van der Waals surface area contributed by atoms with Gasteiger partial charge >= 0.3 is 0 Å². The summed E-state index contributed by atoms with van der Waals surface area (Å²) in [7, 11) is -3.03. The van der Waals surface area contributed by atoms with Gasteiger partial charge < -0.3 is 5.32 Å². The third kappa shape index (κ3) is 1.71. The Morgan fingerprint density at radius 3 is 3.00 bits per heavy atom. The zero-order valence-corrected chi connectivity index (χ0v) is 8.96. The Morgan fingerprint density at radius 1 is 1.50 bits per heavy atom. The average Bonchev–Trinajstić information content (AvgIpc) is 2.27. The van der Waals surface area contributed by atoms with Crippen LogP contribution in [-0.4, -0.2) is 43.6 Å². The second kappa shape index (κ2) is 3.64. The molecule has 0 spiro atoms. The van der Waals surface area contributed by atoms with E-state index in [-0.39, 0.29) is 11.8 Å². The molecule has 0 aromatic heterocycles. The Bertz CT molecular complexity index is 326. The zero-order chi connectivity index (χ0) is 10.2. The van der Waals surface area contributed by atoms with Gasteiger partial charge in [0.1, 0.15) is 0 Å². The van der Waals surface area contributed by atoms with Crippen LogP contribution in [0, 0.1) is 0 Å². The van der Waals surface area contributed by atoms with Crippen LogP contribution >= 0.6 is 0 Å². The summed E-state index contributed by atoms with van der Waals surface area (Å²) in [6, 6.07) is 0.276. The maximum Gasteiger partial charge on any atom is 0.214 e. The quantitative estimate of drug-likeness (QED) is 0.625. The first-order chi connectivity index (χ1) is 6.63. The first kappa shape index (κ1) is 10.1. The van der Waals surface area contributed by atoms with Gasteiger partial charge in [0.25, 0.3) is 0 Å². The minimum absolute atomic E-state index is 0.0608. The van der Waals surface area contributed by atoms with Crippen LogP contribution in [0.3, 0.4) is 0 Å². The lowest BCUT2D eigenvalue weighted by Crippen LogP contribution is -2.56. The van der Waals surface area contributed by atoms with E-state index in [0.29, 0.717) is 19.1 Å². The highest BCUT2D eigenvalue weighted by Gasteiger charge is 2.36. The van der Waals surface area contributed by atoms with Crippen molar-refractivity contribution >= 4 is 10.0 Å². The third-order valence-electron chi connectivity index (χ3n) is 2.97. The molecule has 2 aliphatic heterocycles. The number of rotatable bonds is 1. The minimum atomic E-state index is -3.03. The first-order valence-corrected chi connectivity index (χ1v) is 6.60. The van der Waals surface area contributed by atoms with Crippen molar-refractivity contribution in [1.29, 1.82) is 0 Å². The predicted octanol–water partition coefficient (Wildman–Crippen LogP) is -0.0616. The number of nitrogens with one attached hydrogen (secondary N) is 1. The summed E-state index contributed by atoms with van der Waals surface area (Å²) < 4.78 is 25.3. The first-order valence-electron chi connectivity index (χ1n) is 4.99. The standard InChI is InChI=1S/C9H16N2O2S/c1-2-9-6-10-8-4-3-5-14(12,13)11(9)7-8/h2,8-10H,1,3-7H2/t8-,9+/m1/s1. The monoisotopic (exact) mass is 216 g/mol. The summed E-state index contributed by atoms with van der Waals surface area (Å²) in [4.78, 5) is 0. The Hall–Kier alpha value is -0.390.